The Hall–Kier alpha value is -4.40. The van der Waals surface area contributed by atoms with E-state index in [1.54, 1.807) is 37.5 Å². The lowest BCUT2D eigenvalue weighted by Gasteiger charge is -2.25. The Morgan fingerprint density at radius 1 is 0.939 bits per heavy atom. The molecule has 0 bridgehead atoms. The minimum Gasteiger partial charge on any atom is -0.497 e. The van der Waals surface area contributed by atoms with Gasteiger partial charge in [0, 0.05) is 54.6 Å². The lowest BCUT2D eigenvalue weighted by Crippen LogP contribution is -2.17. The molecule has 0 atom stereocenters. The summed E-state index contributed by atoms with van der Waals surface area (Å²) in [5.74, 6) is 1.41. The molecule has 5 aromatic rings. The summed E-state index contributed by atoms with van der Waals surface area (Å²) >= 11 is 0. The molecule has 0 spiro atoms. The van der Waals surface area contributed by atoms with Crippen LogP contribution in [0.2, 0.25) is 0 Å². The van der Waals surface area contributed by atoms with Gasteiger partial charge in [0.25, 0.3) is 0 Å². The van der Waals surface area contributed by atoms with Crippen molar-refractivity contribution in [1.29, 1.82) is 0 Å². The second kappa shape index (κ2) is 8.62. The van der Waals surface area contributed by atoms with E-state index in [1.165, 1.54) is 0 Å². The van der Waals surface area contributed by atoms with E-state index in [4.69, 9.17) is 14.5 Å². The predicted molar refractivity (Wildman–Crippen MR) is 126 cm³/mol. The van der Waals surface area contributed by atoms with Crippen LogP contribution in [-0.2, 0) is 13.6 Å². The Labute approximate surface area is 190 Å². The summed E-state index contributed by atoms with van der Waals surface area (Å²) in [6.07, 6.45) is 7.22. The normalized spacial score (nSPS) is 11.0. The summed E-state index contributed by atoms with van der Waals surface area (Å²) in [6.45, 7) is 0.567. The molecule has 0 aliphatic rings. The summed E-state index contributed by atoms with van der Waals surface area (Å²) < 4.78 is 12.7. The Morgan fingerprint density at radius 3 is 2.42 bits per heavy atom. The molecule has 5 rings (SSSR count). The largest absolute Gasteiger partial charge is 0.497 e. The van der Waals surface area contributed by atoms with Crippen LogP contribution in [0.25, 0.3) is 22.3 Å². The Morgan fingerprint density at radius 2 is 1.76 bits per heavy atom. The highest BCUT2D eigenvalue weighted by Crippen LogP contribution is 2.35. The van der Waals surface area contributed by atoms with E-state index in [9.17, 15) is 0 Å². The SMILES string of the molecule is COc1cc(OC)cc(N(Cc2ccn[nH]2)c2ccc3ncc(-c4cnn(C)c4)nc3c2)c1. The number of nitrogens with one attached hydrogen (secondary N) is 1. The van der Waals surface area contributed by atoms with E-state index in [0.717, 1.165) is 39.4 Å². The van der Waals surface area contributed by atoms with E-state index < -0.39 is 0 Å². The molecule has 9 nitrogen and oxygen atoms in total. The van der Waals surface area contributed by atoms with E-state index in [1.807, 2.05) is 55.7 Å². The highest BCUT2D eigenvalue weighted by Gasteiger charge is 2.16. The van der Waals surface area contributed by atoms with Crippen molar-refractivity contribution < 1.29 is 9.47 Å². The van der Waals surface area contributed by atoms with Crippen LogP contribution in [0.3, 0.4) is 0 Å². The predicted octanol–water partition coefficient (Wildman–Crippen LogP) is 4.11. The van der Waals surface area contributed by atoms with Gasteiger partial charge in [0.2, 0.25) is 0 Å². The fourth-order valence-electron chi connectivity index (χ4n) is 3.68. The highest BCUT2D eigenvalue weighted by molar-refractivity contribution is 5.82. The van der Waals surface area contributed by atoms with Crippen LogP contribution < -0.4 is 14.4 Å². The summed E-state index contributed by atoms with van der Waals surface area (Å²) in [7, 11) is 5.17. The number of hydrogen-bond acceptors (Lipinski definition) is 7. The first kappa shape index (κ1) is 20.5. The van der Waals surface area contributed by atoms with E-state index in [0.29, 0.717) is 18.0 Å². The maximum atomic E-state index is 5.50. The van der Waals surface area contributed by atoms with Crippen molar-refractivity contribution in [3.8, 4) is 22.8 Å². The second-order valence-corrected chi connectivity index (χ2v) is 7.57. The van der Waals surface area contributed by atoms with Crippen molar-refractivity contribution >= 4 is 22.4 Å². The van der Waals surface area contributed by atoms with Crippen molar-refractivity contribution in [2.75, 3.05) is 19.1 Å². The standard InChI is InChI=1S/C24H23N7O2/c1-30-14-16(12-27-30)24-13-25-22-5-4-18(10-23(22)28-24)31(15-17-6-7-26-29-17)19-8-20(32-2)11-21(9-19)33-3/h4-14H,15H2,1-3H3,(H,26,29). The summed E-state index contributed by atoms with van der Waals surface area (Å²) in [4.78, 5) is 11.6. The van der Waals surface area contributed by atoms with Crippen LogP contribution in [0, 0.1) is 0 Å². The number of H-pyrrole nitrogens is 1. The fourth-order valence-corrected chi connectivity index (χ4v) is 3.68. The van der Waals surface area contributed by atoms with Crippen molar-refractivity contribution in [2.24, 2.45) is 7.05 Å². The molecule has 9 heteroatoms. The van der Waals surface area contributed by atoms with E-state index in [-0.39, 0.29) is 0 Å². The van der Waals surface area contributed by atoms with Crippen molar-refractivity contribution in [3.05, 3.63) is 72.9 Å². The molecule has 0 amide bonds. The molecule has 3 heterocycles. The van der Waals surface area contributed by atoms with Gasteiger partial charge in [-0.15, -0.1) is 0 Å². The number of ether oxygens (including phenoxy) is 2. The summed E-state index contributed by atoms with van der Waals surface area (Å²) in [6, 6.07) is 13.8. The van der Waals surface area contributed by atoms with Gasteiger partial charge in [-0.25, -0.2) is 4.98 Å². The van der Waals surface area contributed by atoms with E-state index in [2.05, 4.69) is 25.2 Å². The molecule has 0 aliphatic heterocycles. The zero-order chi connectivity index (χ0) is 22.8. The van der Waals surface area contributed by atoms with Gasteiger partial charge in [-0.1, -0.05) is 0 Å². The van der Waals surface area contributed by atoms with Crippen molar-refractivity contribution in [1.82, 2.24) is 29.9 Å². The van der Waals surface area contributed by atoms with Crippen LogP contribution in [0.15, 0.2) is 67.3 Å². The van der Waals surface area contributed by atoms with Gasteiger partial charge in [-0.3, -0.25) is 14.8 Å². The lowest BCUT2D eigenvalue weighted by molar-refractivity contribution is 0.394. The third-order valence-electron chi connectivity index (χ3n) is 5.37. The summed E-state index contributed by atoms with van der Waals surface area (Å²) in [5, 5.41) is 11.4. The number of methoxy groups -OCH3 is 2. The number of aromatic nitrogens is 6. The molecule has 0 saturated carbocycles. The first-order valence-electron chi connectivity index (χ1n) is 10.4. The first-order chi connectivity index (χ1) is 16.1. The van der Waals surface area contributed by atoms with Crippen LogP contribution in [-0.4, -0.2) is 44.2 Å². The molecule has 0 saturated heterocycles. The number of aryl methyl sites for hydroxylation is 1. The van der Waals surface area contributed by atoms with Gasteiger partial charge in [0.15, 0.2) is 0 Å². The molecule has 2 aromatic carbocycles. The minimum atomic E-state index is 0.567. The molecule has 0 aliphatic carbocycles. The lowest BCUT2D eigenvalue weighted by atomic mass is 10.1. The molecular formula is C24H23N7O2. The third kappa shape index (κ3) is 4.20. The second-order valence-electron chi connectivity index (χ2n) is 7.57. The van der Waals surface area contributed by atoms with Crippen molar-refractivity contribution in [3.63, 3.8) is 0 Å². The number of benzene rings is 2. The van der Waals surface area contributed by atoms with Crippen LogP contribution in [0.4, 0.5) is 11.4 Å². The molecule has 0 unspecified atom stereocenters. The van der Waals surface area contributed by atoms with E-state index >= 15 is 0 Å². The van der Waals surface area contributed by atoms with Gasteiger partial charge in [-0.05, 0) is 24.3 Å². The molecule has 33 heavy (non-hydrogen) atoms. The Balaban J connectivity index is 1.61. The molecule has 0 radical (unpaired) electrons. The fraction of sp³-hybridized carbons (Fsp3) is 0.167. The molecule has 166 valence electrons. The molecular weight excluding hydrogens is 418 g/mol. The summed E-state index contributed by atoms with van der Waals surface area (Å²) in [5.41, 5.74) is 6.13. The van der Waals surface area contributed by atoms with Gasteiger partial charge in [-0.2, -0.15) is 10.2 Å². The van der Waals surface area contributed by atoms with Gasteiger partial charge in [0.05, 0.1) is 55.6 Å². The number of anilines is 2. The zero-order valence-electron chi connectivity index (χ0n) is 18.6. The average molecular weight is 441 g/mol. The Kier molecular flexibility index (Phi) is 5.35. The van der Waals surface area contributed by atoms with Crippen LogP contribution in [0.5, 0.6) is 11.5 Å². The minimum absolute atomic E-state index is 0.567. The van der Waals surface area contributed by atoms with Gasteiger partial charge >= 0.3 is 0 Å². The number of aromatic amines is 1. The molecule has 3 aromatic heterocycles. The maximum absolute atomic E-state index is 5.50. The number of rotatable bonds is 7. The first-order valence-corrected chi connectivity index (χ1v) is 10.4. The zero-order valence-corrected chi connectivity index (χ0v) is 18.6. The third-order valence-corrected chi connectivity index (χ3v) is 5.37. The highest BCUT2D eigenvalue weighted by atomic mass is 16.5. The topological polar surface area (TPSA) is 94.0 Å². The molecule has 0 fully saturated rings. The van der Waals surface area contributed by atoms with Gasteiger partial charge < -0.3 is 14.4 Å². The van der Waals surface area contributed by atoms with Gasteiger partial charge in [0.1, 0.15) is 11.5 Å². The smallest absolute Gasteiger partial charge is 0.124 e. The van der Waals surface area contributed by atoms with Crippen LogP contribution >= 0.6 is 0 Å². The number of nitrogens with zero attached hydrogens (tertiary/aromatic N) is 6. The van der Waals surface area contributed by atoms with Crippen LogP contribution in [0.1, 0.15) is 5.69 Å². The number of fused-ring (bicyclic) bond motifs is 1. The van der Waals surface area contributed by atoms with Crippen molar-refractivity contribution in [2.45, 2.75) is 6.54 Å². The number of hydrogen-bond donors (Lipinski definition) is 1. The quantitative estimate of drug-likeness (QED) is 0.406. The molecule has 1 N–H and O–H groups in total. The Bertz CT molecular complexity index is 1370. The average Bonchev–Trinajstić information content (AvgIpc) is 3.53. The maximum Gasteiger partial charge on any atom is 0.124 e. The monoisotopic (exact) mass is 441 g/mol.